The second kappa shape index (κ2) is 7.26. The highest BCUT2D eigenvalue weighted by Crippen LogP contribution is 2.27. The summed E-state index contributed by atoms with van der Waals surface area (Å²) in [5.41, 5.74) is 4.03. The number of fused-ring (bicyclic) bond motifs is 1. The van der Waals surface area contributed by atoms with Crippen LogP contribution in [-0.2, 0) is 0 Å². The van der Waals surface area contributed by atoms with Crippen LogP contribution in [0.4, 0.5) is 10.5 Å². The van der Waals surface area contributed by atoms with E-state index in [-0.39, 0.29) is 12.1 Å². The molecule has 1 saturated heterocycles. The summed E-state index contributed by atoms with van der Waals surface area (Å²) < 4.78 is 5.90. The Morgan fingerprint density at radius 3 is 2.79 bits per heavy atom. The van der Waals surface area contributed by atoms with Crippen molar-refractivity contribution in [3.8, 4) is 11.5 Å². The Hall–Kier alpha value is -2.90. The van der Waals surface area contributed by atoms with E-state index in [1.807, 2.05) is 56.3 Å². The lowest BCUT2D eigenvalue weighted by Gasteiger charge is -2.21. The van der Waals surface area contributed by atoms with E-state index in [1.54, 1.807) is 17.0 Å². The van der Waals surface area contributed by atoms with Gasteiger partial charge in [0.1, 0.15) is 5.52 Å². The first-order chi connectivity index (χ1) is 13.4. The summed E-state index contributed by atoms with van der Waals surface area (Å²) in [6.07, 6.45) is -0.547. The van der Waals surface area contributed by atoms with Gasteiger partial charge in [-0.25, -0.2) is 9.78 Å². The molecule has 0 unspecified atom stereocenters. The van der Waals surface area contributed by atoms with Gasteiger partial charge in [0.25, 0.3) is 0 Å². The molecule has 2 N–H and O–H groups in total. The molecule has 146 valence electrons. The summed E-state index contributed by atoms with van der Waals surface area (Å²) in [6, 6.07) is 13.1. The van der Waals surface area contributed by atoms with Crippen molar-refractivity contribution in [3.05, 3.63) is 48.0 Å². The van der Waals surface area contributed by atoms with Crippen LogP contribution in [0.3, 0.4) is 0 Å². The van der Waals surface area contributed by atoms with E-state index >= 15 is 0 Å². The van der Waals surface area contributed by atoms with Crippen molar-refractivity contribution >= 4 is 22.8 Å². The Labute approximate surface area is 163 Å². The van der Waals surface area contributed by atoms with Crippen LogP contribution in [0.2, 0.25) is 0 Å². The zero-order valence-electron chi connectivity index (χ0n) is 16.2. The van der Waals surface area contributed by atoms with Crippen LogP contribution in [-0.4, -0.2) is 65.3 Å². The summed E-state index contributed by atoms with van der Waals surface area (Å²) in [5.74, 6) is 0.554. The maximum atomic E-state index is 12.6. The first-order valence-electron chi connectivity index (χ1n) is 9.29. The minimum absolute atomic E-state index is 0.0561. The number of amides is 2. The summed E-state index contributed by atoms with van der Waals surface area (Å²) in [5, 5.41) is 13.0. The van der Waals surface area contributed by atoms with Gasteiger partial charge in [-0.15, -0.1) is 0 Å². The third kappa shape index (κ3) is 3.58. The van der Waals surface area contributed by atoms with Crippen LogP contribution in [0.15, 0.2) is 46.9 Å². The van der Waals surface area contributed by atoms with Gasteiger partial charge in [-0.05, 0) is 45.3 Å². The number of likely N-dealkylation sites (tertiary alicyclic amines) is 1. The molecule has 28 heavy (non-hydrogen) atoms. The average Bonchev–Trinajstić information content (AvgIpc) is 3.25. The van der Waals surface area contributed by atoms with Gasteiger partial charge in [0.2, 0.25) is 5.89 Å². The topological polar surface area (TPSA) is 81.8 Å². The van der Waals surface area contributed by atoms with Crippen LogP contribution in [0.5, 0.6) is 0 Å². The number of carbonyl (C=O) groups excluding carboxylic acids is 1. The van der Waals surface area contributed by atoms with E-state index in [0.29, 0.717) is 30.3 Å². The number of aliphatic hydroxyl groups excluding tert-OH is 1. The van der Waals surface area contributed by atoms with Gasteiger partial charge in [-0.1, -0.05) is 17.7 Å². The normalized spacial score (nSPS) is 19.5. The quantitative estimate of drug-likeness (QED) is 0.730. The van der Waals surface area contributed by atoms with E-state index in [0.717, 1.165) is 16.6 Å². The summed E-state index contributed by atoms with van der Waals surface area (Å²) in [4.78, 5) is 20.7. The van der Waals surface area contributed by atoms with Gasteiger partial charge in [0.15, 0.2) is 5.58 Å². The third-order valence-corrected chi connectivity index (χ3v) is 5.11. The number of likely N-dealkylation sites (N-methyl/N-ethyl adjacent to an activating group) is 1. The van der Waals surface area contributed by atoms with Crippen LogP contribution in [0.1, 0.15) is 5.56 Å². The molecule has 1 aliphatic rings. The van der Waals surface area contributed by atoms with Crippen molar-refractivity contribution in [2.75, 3.05) is 32.5 Å². The molecule has 2 amide bonds. The number of aliphatic hydroxyl groups is 1. The highest BCUT2D eigenvalue weighted by molar-refractivity contribution is 5.92. The second-order valence-corrected chi connectivity index (χ2v) is 7.50. The van der Waals surface area contributed by atoms with E-state index in [1.165, 1.54) is 0 Å². The number of carbonyl (C=O) groups is 1. The van der Waals surface area contributed by atoms with Gasteiger partial charge in [0, 0.05) is 23.9 Å². The molecule has 3 aromatic rings. The minimum Gasteiger partial charge on any atom is -0.436 e. The van der Waals surface area contributed by atoms with Crippen molar-refractivity contribution in [3.63, 3.8) is 0 Å². The lowest BCUT2D eigenvalue weighted by Crippen LogP contribution is -2.38. The van der Waals surface area contributed by atoms with Crippen molar-refractivity contribution in [1.29, 1.82) is 0 Å². The van der Waals surface area contributed by atoms with Crippen LogP contribution in [0, 0.1) is 6.92 Å². The third-order valence-electron chi connectivity index (χ3n) is 5.11. The average molecular weight is 380 g/mol. The largest absolute Gasteiger partial charge is 0.436 e. The Bertz CT molecular complexity index is 1010. The molecule has 2 heterocycles. The number of hydrogen-bond donors (Lipinski definition) is 2. The smallest absolute Gasteiger partial charge is 0.321 e. The van der Waals surface area contributed by atoms with Crippen molar-refractivity contribution in [2.24, 2.45) is 0 Å². The molecule has 0 spiro atoms. The van der Waals surface area contributed by atoms with Crippen LogP contribution < -0.4 is 5.32 Å². The second-order valence-electron chi connectivity index (χ2n) is 7.50. The number of oxazole rings is 1. The molecular weight excluding hydrogens is 356 g/mol. The highest BCUT2D eigenvalue weighted by Gasteiger charge is 2.35. The number of nitrogens with one attached hydrogen (secondary N) is 1. The summed E-state index contributed by atoms with van der Waals surface area (Å²) in [6.45, 7) is 2.83. The standard InChI is InChI=1S/C21H24N4O3/c1-13-5-4-6-14(9-13)20-23-16-8-7-15(10-19(16)28-20)22-21(27)25-11-17(24(2)3)18(26)12-25/h4-10,17-18,26H,11-12H2,1-3H3,(H,22,27)/t17-,18-/m1/s1. The van der Waals surface area contributed by atoms with Crippen LogP contribution >= 0.6 is 0 Å². The fourth-order valence-electron chi connectivity index (χ4n) is 3.55. The van der Waals surface area contributed by atoms with Gasteiger partial charge in [-0.3, -0.25) is 0 Å². The van der Waals surface area contributed by atoms with E-state index in [2.05, 4.69) is 10.3 Å². The fourth-order valence-corrected chi connectivity index (χ4v) is 3.55. The predicted molar refractivity (Wildman–Crippen MR) is 108 cm³/mol. The molecule has 4 rings (SSSR count). The summed E-state index contributed by atoms with van der Waals surface area (Å²) in [7, 11) is 3.80. The number of hydrogen-bond acceptors (Lipinski definition) is 5. The summed E-state index contributed by atoms with van der Waals surface area (Å²) >= 11 is 0. The monoisotopic (exact) mass is 380 g/mol. The van der Waals surface area contributed by atoms with Gasteiger partial charge in [0.05, 0.1) is 18.7 Å². The number of aromatic nitrogens is 1. The number of nitrogens with zero attached hydrogens (tertiary/aromatic N) is 3. The molecule has 7 heteroatoms. The maximum absolute atomic E-state index is 12.6. The molecule has 1 aliphatic heterocycles. The Morgan fingerprint density at radius 1 is 1.25 bits per heavy atom. The van der Waals surface area contributed by atoms with Crippen molar-refractivity contribution < 1.29 is 14.3 Å². The molecule has 2 atom stereocenters. The van der Waals surface area contributed by atoms with E-state index in [9.17, 15) is 9.90 Å². The molecule has 0 aliphatic carbocycles. The van der Waals surface area contributed by atoms with Gasteiger partial charge < -0.3 is 24.6 Å². The van der Waals surface area contributed by atoms with Crippen molar-refractivity contribution in [2.45, 2.75) is 19.1 Å². The number of benzene rings is 2. The number of anilines is 1. The molecule has 1 aromatic heterocycles. The van der Waals surface area contributed by atoms with E-state index < -0.39 is 6.10 Å². The highest BCUT2D eigenvalue weighted by atomic mass is 16.3. The fraction of sp³-hybridized carbons (Fsp3) is 0.333. The molecule has 2 aromatic carbocycles. The SMILES string of the molecule is Cc1cccc(-c2nc3ccc(NC(=O)N4C[C@@H](O)[C@H](N(C)C)C4)cc3o2)c1. The van der Waals surface area contributed by atoms with Crippen molar-refractivity contribution in [1.82, 2.24) is 14.8 Å². The number of aryl methyl sites for hydroxylation is 1. The molecule has 1 fully saturated rings. The Morgan fingerprint density at radius 2 is 2.07 bits per heavy atom. The molecule has 0 radical (unpaired) electrons. The Balaban J connectivity index is 1.51. The first kappa shape index (κ1) is 18.5. The zero-order valence-corrected chi connectivity index (χ0v) is 16.2. The molecule has 0 saturated carbocycles. The van der Waals surface area contributed by atoms with Gasteiger partial charge in [-0.2, -0.15) is 0 Å². The maximum Gasteiger partial charge on any atom is 0.321 e. The number of β-amino-alcohol motifs (C(OH)–C–C–N with tert-alkyl or cyclic N) is 1. The lowest BCUT2D eigenvalue weighted by atomic mass is 10.1. The minimum atomic E-state index is -0.547. The lowest BCUT2D eigenvalue weighted by molar-refractivity contribution is 0.113. The van der Waals surface area contributed by atoms with Crippen LogP contribution in [0.25, 0.3) is 22.6 Å². The first-order valence-corrected chi connectivity index (χ1v) is 9.29. The Kier molecular flexibility index (Phi) is 4.78. The predicted octanol–water partition coefficient (Wildman–Crippen LogP) is 2.94. The number of urea groups is 1. The number of rotatable bonds is 3. The molecule has 0 bridgehead atoms. The van der Waals surface area contributed by atoms with Gasteiger partial charge >= 0.3 is 6.03 Å². The van der Waals surface area contributed by atoms with E-state index in [4.69, 9.17) is 4.42 Å². The molecular formula is C21H24N4O3. The molecule has 7 nitrogen and oxygen atoms in total. The zero-order chi connectivity index (χ0) is 19.8.